The highest BCUT2D eigenvalue weighted by molar-refractivity contribution is 7.92. The largest absolute Gasteiger partial charge is 0.293 e. The summed E-state index contributed by atoms with van der Waals surface area (Å²) in [4.78, 5) is 12.6. The predicted molar refractivity (Wildman–Crippen MR) is 86.7 cm³/mol. The van der Waals surface area contributed by atoms with Crippen LogP contribution in [0.15, 0.2) is 54.6 Å². The fourth-order valence-electron chi connectivity index (χ4n) is 3.10. The Labute approximate surface area is 130 Å². The van der Waals surface area contributed by atoms with E-state index in [2.05, 4.69) is 0 Å². The van der Waals surface area contributed by atoms with Gasteiger partial charge < -0.3 is 0 Å². The lowest BCUT2D eigenvalue weighted by Gasteiger charge is -2.28. The lowest BCUT2D eigenvalue weighted by Crippen LogP contribution is -2.36. The van der Waals surface area contributed by atoms with Crippen molar-refractivity contribution in [2.24, 2.45) is 0 Å². The number of fused-ring (bicyclic) bond motifs is 1. The monoisotopic (exact) mass is 314 g/mol. The minimum atomic E-state index is -3.51. The maximum Gasteiger partial charge on any atom is 0.181 e. The quantitative estimate of drug-likeness (QED) is 0.873. The molecule has 4 heteroatoms. The summed E-state index contributed by atoms with van der Waals surface area (Å²) in [6.07, 6.45) is 0.366. The molecule has 114 valence electrons. The first kappa shape index (κ1) is 15.0. The van der Waals surface area contributed by atoms with Gasteiger partial charge in [0.1, 0.15) is 5.25 Å². The molecule has 2 atom stereocenters. The van der Waals surface area contributed by atoms with E-state index in [0.29, 0.717) is 12.0 Å². The van der Waals surface area contributed by atoms with Crippen molar-refractivity contribution in [3.8, 4) is 0 Å². The van der Waals surface area contributed by atoms with E-state index in [-0.39, 0.29) is 17.5 Å². The van der Waals surface area contributed by atoms with Crippen molar-refractivity contribution in [1.29, 1.82) is 0 Å². The Balaban J connectivity index is 1.94. The molecule has 2 aromatic carbocycles. The molecule has 0 heterocycles. The molecule has 3 rings (SSSR count). The van der Waals surface area contributed by atoms with Gasteiger partial charge >= 0.3 is 0 Å². The molecule has 22 heavy (non-hydrogen) atoms. The number of hydrogen-bond acceptors (Lipinski definition) is 3. The molecule has 1 aliphatic carbocycles. The van der Waals surface area contributed by atoms with Gasteiger partial charge in [0.05, 0.1) is 5.75 Å². The van der Waals surface area contributed by atoms with E-state index in [9.17, 15) is 13.2 Å². The van der Waals surface area contributed by atoms with Crippen LogP contribution in [0.4, 0.5) is 0 Å². The van der Waals surface area contributed by atoms with E-state index in [1.807, 2.05) is 37.3 Å². The van der Waals surface area contributed by atoms with E-state index in [1.165, 1.54) is 0 Å². The Morgan fingerprint density at radius 2 is 1.64 bits per heavy atom. The SMILES string of the molecule is CC1CC(S(=O)(=O)Cc2ccccc2)C(=O)c2ccccc21. The molecule has 3 nitrogen and oxygen atoms in total. The maximum absolute atomic E-state index is 12.7. The lowest BCUT2D eigenvalue weighted by molar-refractivity contribution is 0.0972. The number of hydrogen-bond donors (Lipinski definition) is 0. The Morgan fingerprint density at radius 3 is 2.36 bits per heavy atom. The average molecular weight is 314 g/mol. The van der Waals surface area contributed by atoms with Gasteiger partial charge in [0.2, 0.25) is 0 Å². The Morgan fingerprint density at radius 1 is 1.00 bits per heavy atom. The van der Waals surface area contributed by atoms with Gasteiger partial charge in [-0.15, -0.1) is 0 Å². The van der Waals surface area contributed by atoms with Crippen molar-refractivity contribution in [1.82, 2.24) is 0 Å². The summed E-state index contributed by atoms with van der Waals surface area (Å²) in [5.74, 6) is -0.270. The van der Waals surface area contributed by atoms with Crippen LogP contribution in [0.5, 0.6) is 0 Å². The normalized spacial score (nSPS) is 21.4. The van der Waals surface area contributed by atoms with Crippen LogP contribution in [0.1, 0.15) is 40.7 Å². The van der Waals surface area contributed by atoms with Crippen molar-refractivity contribution < 1.29 is 13.2 Å². The maximum atomic E-state index is 12.7. The van der Waals surface area contributed by atoms with E-state index < -0.39 is 15.1 Å². The first-order chi connectivity index (χ1) is 10.5. The second-order valence-corrected chi connectivity index (χ2v) is 8.05. The van der Waals surface area contributed by atoms with E-state index in [1.54, 1.807) is 24.3 Å². The topological polar surface area (TPSA) is 51.2 Å². The fraction of sp³-hybridized carbons (Fsp3) is 0.278. The molecule has 0 N–H and O–H groups in total. The first-order valence-electron chi connectivity index (χ1n) is 7.37. The minimum Gasteiger partial charge on any atom is -0.293 e. The molecule has 0 aromatic heterocycles. The van der Waals surface area contributed by atoms with Gasteiger partial charge in [0.25, 0.3) is 0 Å². The van der Waals surface area contributed by atoms with Crippen molar-refractivity contribution in [2.45, 2.75) is 30.3 Å². The van der Waals surface area contributed by atoms with Crippen LogP contribution in [-0.2, 0) is 15.6 Å². The van der Waals surface area contributed by atoms with Gasteiger partial charge in [0.15, 0.2) is 15.6 Å². The van der Waals surface area contributed by atoms with Gasteiger partial charge in [-0.3, -0.25) is 4.79 Å². The molecule has 2 aromatic rings. The summed E-state index contributed by atoms with van der Waals surface area (Å²) in [5.41, 5.74) is 2.24. The average Bonchev–Trinajstić information content (AvgIpc) is 2.51. The molecule has 0 aliphatic heterocycles. The van der Waals surface area contributed by atoms with Crippen LogP contribution in [0.3, 0.4) is 0 Å². The highest BCUT2D eigenvalue weighted by Gasteiger charge is 2.39. The van der Waals surface area contributed by atoms with E-state index in [4.69, 9.17) is 0 Å². The predicted octanol–water partition coefficient (Wildman–Crippen LogP) is 3.36. The molecule has 0 saturated carbocycles. The summed E-state index contributed by atoms with van der Waals surface area (Å²) < 4.78 is 25.4. The highest BCUT2D eigenvalue weighted by Crippen LogP contribution is 2.35. The van der Waals surface area contributed by atoms with Crippen LogP contribution in [0, 0.1) is 0 Å². The Kier molecular flexibility index (Phi) is 3.87. The summed E-state index contributed by atoms with van der Waals surface area (Å²) in [6.45, 7) is 1.98. The van der Waals surface area contributed by atoms with Crippen molar-refractivity contribution in [3.63, 3.8) is 0 Å². The van der Waals surface area contributed by atoms with Crippen molar-refractivity contribution >= 4 is 15.6 Å². The summed E-state index contributed by atoms with van der Waals surface area (Å²) in [5, 5.41) is -0.933. The van der Waals surface area contributed by atoms with E-state index in [0.717, 1.165) is 11.1 Å². The number of Topliss-reactive ketones (excluding diaryl/α,β-unsaturated/α-hetero) is 1. The zero-order valence-electron chi connectivity index (χ0n) is 12.4. The van der Waals surface area contributed by atoms with Crippen LogP contribution in [-0.4, -0.2) is 19.5 Å². The van der Waals surface area contributed by atoms with Gasteiger partial charge in [-0.05, 0) is 23.5 Å². The van der Waals surface area contributed by atoms with E-state index >= 15 is 0 Å². The van der Waals surface area contributed by atoms with Gasteiger partial charge in [-0.25, -0.2) is 8.42 Å². The molecular formula is C18H18O3S. The summed E-state index contributed by atoms with van der Waals surface area (Å²) >= 11 is 0. The van der Waals surface area contributed by atoms with Crippen LogP contribution >= 0.6 is 0 Å². The molecule has 0 bridgehead atoms. The summed E-state index contributed by atoms with van der Waals surface area (Å²) in [6, 6.07) is 16.4. The number of carbonyl (C=O) groups is 1. The third-order valence-corrected chi connectivity index (χ3v) is 6.27. The van der Waals surface area contributed by atoms with Gasteiger partial charge in [-0.1, -0.05) is 61.5 Å². The first-order valence-corrected chi connectivity index (χ1v) is 9.09. The molecular weight excluding hydrogens is 296 g/mol. The van der Waals surface area contributed by atoms with Crippen LogP contribution in [0.2, 0.25) is 0 Å². The van der Waals surface area contributed by atoms with Gasteiger partial charge in [-0.2, -0.15) is 0 Å². The molecule has 2 unspecified atom stereocenters. The highest BCUT2D eigenvalue weighted by atomic mass is 32.2. The molecule has 1 aliphatic rings. The number of carbonyl (C=O) groups excluding carboxylic acids is 1. The third-order valence-electron chi connectivity index (χ3n) is 4.26. The standard InChI is InChI=1S/C18H18O3S/c1-13-11-17(18(19)16-10-6-5-9-15(13)16)22(20,21)12-14-7-3-2-4-8-14/h2-10,13,17H,11-12H2,1H3. The molecule has 0 amide bonds. The second-order valence-electron chi connectivity index (χ2n) is 5.87. The second kappa shape index (κ2) is 5.69. The number of sulfone groups is 1. The number of ketones is 1. The lowest BCUT2D eigenvalue weighted by atomic mass is 9.83. The van der Waals surface area contributed by atoms with Gasteiger partial charge in [0, 0.05) is 5.56 Å². The van der Waals surface area contributed by atoms with Crippen molar-refractivity contribution in [2.75, 3.05) is 0 Å². The Bertz CT molecular complexity index is 794. The Hall–Kier alpha value is -1.94. The third kappa shape index (κ3) is 2.71. The summed E-state index contributed by atoms with van der Waals surface area (Å²) in [7, 11) is -3.51. The van der Waals surface area contributed by atoms with Crippen LogP contribution in [0.25, 0.3) is 0 Å². The zero-order chi connectivity index (χ0) is 15.7. The fourth-order valence-corrected chi connectivity index (χ4v) is 4.99. The van der Waals surface area contributed by atoms with Crippen molar-refractivity contribution in [3.05, 3.63) is 71.3 Å². The number of benzene rings is 2. The van der Waals surface area contributed by atoms with Crippen LogP contribution < -0.4 is 0 Å². The number of rotatable bonds is 3. The molecule has 0 fully saturated rings. The molecule has 0 radical (unpaired) electrons. The zero-order valence-corrected chi connectivity index (χ0v) is 13.2. The molecule has 0 saturated heterocycles. The smallest absolute Gasteiger partial charge is 0.181 e. The minimum absolute atomic E-state index is 0.0736. The molecule has 0 spiro atoms.